The molecule has 0 unspecified atom stereocenters. The van der Waals surface area contributed by atoms with Crippen LogP contribution in [0.25, 0.3) is 11.0 Å². The number of amides is 1. The van der Waals surface area contributed by atoms with Crippen molar-refractivity contribution in [2.45, 2.75) is 19.4 Å². The number of halogens is 1. The van der Waals surface area contributed by atoms with Crippen LogP contribution in [0.3, 0.4) is 0 Å². The number of phenolic OH excluding ortho intramolecular Hbond substituents is 1. The highest BCUT2D eigenvalue weighted by atomic mass is 35.5. The van der Waals surface area contributed by atoms with Gasteiger partial charge < -0.3 is 14.8 Å². The highest BCUT2D eigenvalue weighted by molar-refractivity contribution is 7.94. The maximum atomic E-state index is 12.2. The van der Waals surface area contributed by atoms with Crippen LogP contribution < -0.4 is 10.9 Å². The third-order valence-electron chi connectivity index (χ3n) is 3.97. The molecule has 2 heterocycles. The van der Waals surface area contributed by atoms with Gasteiger partial charge in [0.25, 0.3) is 0 Å². The van der Waals surface area contributed by atoms with Gasteiger partial charge in [-0.1, -0.05) is 11.6 Å². The third-order valence-corrected chi connectivity index (χ3v) is 5.67. The summed E-state index contributed by atoms with van der Waals surface area (Å²) in [5.41, 5.74) is 0.129. The molecule has 1 aromatic carbocycles. The van der Waals surface area contributed by atoms with Gasteiger partial charge in [-0.15, -0.1) is 0 Å². The van der Waals surface area contributed by atoms with Crippen LogP contribution in [0.5, 0.6) is 5.75 Å². The zero-order valence-electron chi connectivity index (χ0n) is 13.1. The molecular formula is C16H14ClNO6S. The van der Waals surface area contributed by atoms with Crippen molar-refractivity contribution < 1.29 is 22.7 Å². The van der Waals surface area contributed by atoms with E-state index in [1.54, 1.807) is 6.92 Å². The molecule has 1 aromatic heterocycles. The van der Waals surface area contributed by atoms with Gasteiger partial charge in [-0.3, -0.25) is 4.79 Å². The van der Waals surface area contributed by atoms with Crippen LogP contribution in [0.4, 0.5) is 0 Å². The van der Waals surface area contributed by atoms with E-state index >= 15 is 0 Å². The third kappa shape index (κ3) is 3.54. The second-order valence-electron chi connectivity index (χ2n) is 5.80. The predicted molar refractivity (Wildman–Crippen MR) is 92.5 cm³/mol. The van der Waals surface area contributed by atoms with Crippen LogP contribution in [0, 0.1) is 6.92 Å². The first-order valence-corrected chi connectivity index (χ1v) is 9.41. The zero-order chi connectivity index (χ0) is 18.4. The Hall–Kier alpha value is -2.32. The first-order valence-electron chi connectivity index (χ1n) is 7.31. The minimum atomic E-state index is -3.28. The van der Waals surface area contributed by atoms with Crippen LogP contribution in [0.1, 0.15) is 11.1 Å². The van der Waals surface area contributed by atoms with E-state index in [0.717, 1.165) is 5.41 Å². The van der Waals surface area contributed by atoms with Crippen LogP contribution in [0.15, 0.2) is 32.8 Å². The smallest absolute Gasteiger partial charge is 0.340 e. The lowest BCUT2D eigenvalue weighted by molar-refractivity contribution is -0.120. The van der Waals surface area contributed by atoms with E-state index in [0.29, 0.717) is 10.9 Å². The molecule has 0 bridgehead atoms. The van der Waals surface area contributed by atoms with Crippen molar-refractivity contribution in [2.24, 2.45) is 0 Å². The zero-order valence-corrected chi connectivity index (χ0v) is 14.6. The Balaban J connectivity index is 1.89. The summed E-state index contributed by atoms with van der Waals surface area (Å²) < 4.78 is 27.9. The molecule has 3 rings (SSSR count). The van der Waals surface area contributed by atoms with Gasteiger partial charge in [-0.25, -0.2) is 13.2 Å². The van der Waals surface area contributed by atoms with Crippen molar-refractivity contribution in [1.29, 1.82) is 0 Å². The van der Waals surface area contributed by atoms with Gasteiger partial charge in [0.05, 0.1) is 28.8 Å². The fourth-order valence-electron chi connectivity index (χ4n) is 2.69. The molecular weight excluding hydrogens is 370 g/mol. The molecule has 0 fully saturated rings. The molecule has 0 radical (unpaired) electrons. The summed E-state index contributed by atoms with van der Waals surface area (Å²) in [7, 11) is -3.28. The molecule has 1 aliphatic heterocycles. The molecule has 25 heavy (non-hydrogen) atoms. The predicted octanol–water partition coefficient (Wildman–Crippen LogP) is 1.43. The number of aryl methyl sites for hydroxylation is 1. The van der Waals surface area contributed by atoms with Crippen LogP contribution >= 0.6 is 11.6 Å². The lowest BCUT2D eigenvalue weighted by Gasteiger charge is -2.12. The van der Waals surface area contributed by atoms with Crippen molar-refractivity contribution in [3.63, 3.8) is 0 Å². The SMILES string of the molecule is Cc1c(CC(=O)N[C@H]2C=CS(=O)(=O)C2)c(=O)oc2cc(O)c(Cl)cc12. The minimum Gasteiger partial charge on any atom is -0.506 e. The number of hydrogen-bond donors (Lipinski definition) is 2. The average molecular weight is 384 g/mol. The summed E-state index contributed by atoms with van der Waals surface area (Å²) in [4.78, 5) is 24.3. The van der Waals surface area contributed by atoms with Gasteiger partial charge in [0.15, 0.2) is 9.84 Å². The van der Waals surface area contributed by atoms with E-state index in [-0.39, 0.29) is 34.1 Å². The number of carbonyl (C=O) groups is 1. The second kappa shape index (κ2) is 6.20. The van der Waals surface area contributed by atoms with Crippen LogP contribution in [0.2, 0.25) is 5.02 Å². The maximum absolute atomic E-state index is 12.2. The van der Waals surface area contributed by atoms with E-state index < -0.39 is 27.4 Å². The van der Waals surface area contributed by atoms with E-state index in [1.807, 2.05) is 0 Å². The second-order valence-corrected chi connectivity index (χ2v) is 8.14. The molecule has 1 atom stereocenters. The summed E-state index contributed by atoms with van der Waals surface area (Å²) in [6, 6.07) is 2.08. The fourth-order valence-corrected chi connectivity index (χ4v) is 4.08. The molecule has 1 amide bonds. The Morgan fingerprint density at radius 3 is 2.80 bits per heavy atom. The number of carbonyl (C=O) groups excluding carboxylic acids is 1. The Morgan fingerprint density at radius 2 is 2.16 bits per heavy atom. The molecule has 2 aromatic rings. The van der Waals surface area contributed by atoms with E-state index in [2.05, 4.69) is 5.32 Å². The lowest BCUT2D eigenvalue weighted by Crippen LogP contribution is -2.37. The number of benzene rings is 1. The molecule has 0 saturated heterocycles. The number of hydrogen-bond acceptors (Lipinski definition) is 6. The summed E-state index contributed by atoms with van der Waals surface area (Å²) >= 11 is 5.88. The quantitative estimate of drug-likeness (QED) is 0.775. The van der Waals surface area contributed by atoms with Gasteiger partial charge in [-0.05, 0) is 24.6 Å². The summed E-state index contributed by atoms with van der Waals surface area (Å²) in [5.74, 6) is -0.901. The Kier molecular flexibility index (Phi) is 4.34. The van der Waals surface area contributed by atoms with Crippen molar-refractivity contribution in [2.75, 3.05) is 5.75 Å². The first-order chi connectivity index (χ1) is 11.7. The van der Waals surface area contributed by atoms with Gasteiger partial charge in [0.1, 0.15) is 11.3 Å². The van der Waals surface area contributed by atoms with Crippen molar-refractivity contribution >= 4 is 38.3 Å². The molecule has 7 nitrogen and oxygen atoms in total. The number of phenols is 1. The molecule has 0 saturated carbocycles. The van der Waals surface area contributed by atoms with Crippen LogP contribution in [-0.4, -0.2) is 31.2 Å². The topological polar surface area (TPSA) is 114 Å². The van der Waals surface area contributed by atoms with Crippen molar-refractivity contribution in [1.82, 2.24) is 5.32 Å². The van der Waals surface area contributed by atoms with Gasteiger partial charge in [0, 0.05) is 16.9 Å². The van der Waals surface area contributed by atoms with E-state index in [9.17, 15) is 23.1 Å². The summed E-state index contributed by atoms with van der Waals surface area (Å²) in [5, 5.41) is 13.8. The summed E-state index contributed by atoms with van der Waals surface area (Å²) in [6.07, 6.45) is 1.14. The number of sulfone groups is 1. The molecule has 0 spiro atoms. The fraction of sp³-hybridized carbons (Fsp3) is 0.250. The number of rotatable bonds is 3. The Bertz CT molecular complexity index is 1070. The highest BCUT2D eigenvalue weighted by Gasteiger charge is 2.24. The normalized spacial score (nSPS) is 18.6. The molecule has 9 heteroatoms. The first kappa shape index (κ1) is 17.5. The average Bonchev–Trinajstić information content (AvgIpc) is 2.85. The van der Waals surface area contributed by atoms with E-state index in [1.165, 1.54) is 18.2 Å². The maximum Gasteiger partial charge on any atom is 0.340 e. The molecule has 0 aliphatic carbocycles. The van der Waals surface area contributed by atoms with Crippen molar-refractivity contribution in [3.05, 3.63) is 50.2 Å². The Morgan fingerprint density at radius 1 is 1.44 bits per heavy atom. The van der Waals surface area contributed by atoms with Gasteiger partial charge >= 0.3 is 5.63 Å². The molecule has 1 aliphatic rings. The largest absolute Gasteiger partial charge is 0.506 e. The number of aromatic hydroxyl groups is 1. The van der Waals surface area contributed by atoms with Crippen LogP contribution in [-0.2, 0) is 21.1 Å². The van der Waals surface area contributed by atoms with Crippen molar-refractivity contribution in [3.8, 4) is 5.75 Å². The molecule has 2 N–H and O–H groups in total. The highest BCUT2D eigenvalue weighted by Crippen LogP contribution is 2.30. The molecule has 132 valence electrons. The minimum absolute atomic E-state index is 0.0983. The standard InChI is InChI=1S/C16H14ClNO6S/c1-8-10-4-12(17)13(19)6-14(10)24-16(21)11(8)5-15(20)18-9-2-3-25(22,23)7-9/h2-4,6,9,19H,5,7H2,1H3,(H,18,20)/t9-/m0/s1. The lowest BCUT2D eigenvalue weighted by atomic mass is 10.0. The Labute approximate surface area is 147 Å². The number of fused-ring (bicyclic) bond motifs is 1. The van der Waals surface area contributed by atoms with E-state index in [4.69, 9.17) is 16.0 Å². The van der Waals surface area contributed by atoms with Gasteiger partial charge in [-0.2, -0.15) is 0 Å². The monoisotopic (exact) mass is 383 g/mol. The number of nitrogens with one attached hydrogen (secondary N) is 1. The van der Waals surface area contributed by atoms with Gasteiger partial charge in [0.2, 0.25) is 5.91 Å². The summed E-state index contributed by atoms with van der Waals surface area (Å²) in [6.45, 7) is 1.65.